The number of aryl methyl sites for hydroxylation is 2. The topological polar surface area (TPSA) is 287 Å². The van der Waals surface area contributed by atoms with Gasteiger partial charge in [0.1, 0.15) is 32.3 Å². The van der Waals surface area contributed by atoms with Gasteiger partial charge in [-0.1, -0.05) is 14.9 Å². The van der Waals surface area contributed by atoms with Crippen LogP contribution in [0.2, 0.25) is 0 Å². The molecule has 0 radical (unpaired) electrons. The van der Waals surface area contributed by atoms with Crippen LogP contribution >= 0.6 is 46.2 Å². The maximum Gasteiger partial charge on any atom is 0.370 e. The fourth-order valence-corrected chi connectivity index (χ4v) is 9.31. The molecule has 1 amide bonds. The van der Waals surface area contributed by atoms with E-state index in [4.69, 9.17) is 16.6 Å². The minimum absolute atomic E-state index is 0. The van der Waals surface area contributed by atoms with Gasteiger partial charge in [0.25, 0.3) is 17.0 Å². The van der Waals surface area contributed by atoms with Crippen molar-refractivity contribution >= 4 is 93.5 Å². The summed E-state index contributed by atoms with van der Waals surface area (Å²) in [7, 11) is 0. The van der Waals surface area contributed by atoms with E-state index >= 15 is 0 Å². The van der Waals surface area contributed by atoms with E-state index in [-0.39, 0.29) is 53.2 Å². The fourth-order valence-electron chi connectivity index (χ4n) is 5.28. The molecule has 18 nitrogen and oxygen atoms in total. The number of halogens is 2. The zero-order valence-corrected chi connectivity index (χ0v) is 31.6. The number of aromatic amines is 2. The van der Waals surface area contributed by atoms with Crippen LogP contribution in [0.25, 0.3) is 0 Å². The number of carbonyl (C=O) groups is 4. The van der Waals surface area contributed by atoms with Crippen LogP contribution in [0.5, 0.6) is 0 Å². The number of fused-ring (bicyclic) bond motifs is 2. The fraction of sp³-hybridized carbons (Fsp3) is 0.394. The first kappa shape index (κ1) is 46.2. The summed E-state index contributed by atoms with van der Waals surface area (Å²) < 4.78 is 24.1. The molecule has 310 valence electrons. The Morgan fingerprint density at radius 1 is 0.825 bits per heavy atom. The first-order valence-electron chi connectivity index (χ1n) is 16.3. The molecule has 0 fully saturated rings. The molecule has 0 aliphatic carbocycles. The Bertz CT molecular complexity index is 2160. The Labute approximate surface area is 340 Å². The Kier molecular flexibility index (Phi) is 17.3. The van der Waals surface area contributed by atoms with Crippen molar-refractivity contribution in [3.05, 3.63) is 64.5 Å². The summed E-state index contributed by atoms with van der Waals surface area (Å²) in [5, 5.41) is 17.7. The van der Waals surface area contributed by atoms with Crippen molar-refractivity contribution in [3.8, 4) is 0 Å². The maximum absolute atomic E-state index is 12.4. The molecule has 3 unspecified atom stereocenters. The van der Waals surface area contributed by atoms with E-state index in [0.29, 0.717) is 52.2 Å². The molecule has 6 rings (SSSR count). The number of carboxylic acid groups (broad SMARTS) is 1. The van der Waals surface area contributed by atoms with Gasteiger partial charge in [-0.2, -0.15) is 9.97 Å². The SMILES string of the molecule is C.C.Nc1nc2c(c(=O)[nH]1)SC(CCc1ccc(C(=O)NC(CCC(=O)OF)C(=O)OF)s1)CN2.Nc1nc2c(c(=O)[nH]1)SC(CCc1ccc(C(=O)O)s1)CN2. The second kappa shape index (κ2) is 21.4. The summed E-state index contributed by atoms with van der Waals surface area (Å²) in [6, 6.07) is 5.27. The number of nitrogens with one attached hydrogen (secondary N) is 5. The summed E-state index contributed by atoms with van der Waals surface area (Å²) in [6.45, 7) is 1.28. The summed E-state index contributed by atoms with van der Waals surface area (Å²) in [5.41, 5.74) is 10.5. The second-order valence-corrected chi connectivity index (χ2v) is 16.8. The second-order valence-electron chi connectivity index (χ2n) is 11.8. The first-order chi connectivity index (χ1) is 26.3. The number of rotatable bonds is 13. The number of H-pyrrole nitrogens is 2. The van der Waals surface area contributed by atoms with Gasteiger partial charge in [-0.3, -0.25) is 34.2 Å². The lowest BCUT2D eigenvalue weighted by Gasteiger charge is -2.23. The van der Waals surface area contributed by atoms with Crippen LogP contribution in [0.3, 0.4) is 0 Å². The van der Waals surface area contributed by atoms with Crippen molar-refractivity contribution in [1.82, 2.24) is 25.3 Å². The van der Waals surface area contributed by atoms with Crippen molar-refractivity contribution < 1.29 is 43.2 Å². The van der Waals surface area contributed by atoms with E-state index in [9.17, 15) is 37.8 Å². The van der Waals surface area contributed by atoms with Crippen molar-refractivity contribution in [3.63, 3.8) is 0 Å². The Morgan fingerprint density at radius 3 is 1.77 bits per heavy atom. The molecular formula is C33H41F2N9O9S4. The van der Waals surface area contributed by atoms with Crippen LogP contribution in [0.15, 0.2) is 43.6 Å². The van der Waals surface area contributed by atoms with Gasteiger partial charge in [-0.25, -0.2) is 14.4 Å². The molecular weight excluding hydrogens is 833 g/mol. The predicted molar refractivity (Wildman–Crippen MR) is 215 cm³/mol. The van der Waals surface area contributed by atoms with E-state index < -0.39 is 42.7 Å². The molecule has 6 heterocycles. The third kappa shape index (κ3) is 12.6. The zero-order valence-electron chi connectivity index (χ0n) is 28.3. The largest absolute Gasteiger partial charge is 0.477 e. The molecule has 3 atom stereocenters. The number of aromatic nitrogens is 4. The van der Waals surface area contributed by atoms with Gasteiger partial charge in [0, 0.05) is 42.4 Å². The number of carbonyl (C=O) groups excluding carboxylic acids is 3. The number of hydrogen-bond acceptors (Lipinski definition) is 18. The van der Waals surface area contributed by atoms with Crippen LogP contribution < -0.4 is 38.5 Å². The third-order valence-corrected chi connectivity index (χ3v) is 12.9. The standard InChI is InChI=1S/C18H19F2N5O6S2.C13H14N4O3S2.2CH4/c19-30-12(26)6-4-10(17(29)31-20)23-15(27)11-5-3-8(32-11)1-2-9-7-22-14-13(33-9)16(28)25-18(21)24-14;14-13-16-10-9(11(18)17-13)22-7(5-15-10)2-1-6-3-4-8(21-6)12(19)20;;/h3,5,9-10H,1-2,4,6-7H2,(H,23,27)(H4,21,22,24,25,28);3-4,7H,1-2,5H2,(H,19,20)(H4,14,15,16,17,18);2*1H4. The Morgan fingerprint density at radius 2 is 1.32 bits per heavy atom. The van der Waals surface area contributed by atoms with Crippen LogP contribution in [-0.4, -0.2) is 78.5 Å². The number of nitrogens with two attached hydrogens (primary N) is 2. The summed E-state index contributed by atoms with van der Waals surface area (Å²) >= 11 is 5.36. The monoisotopic (exact) mass is 873 g/mol. The first-order valence-corrected chi connectivity index (χ1v) is 19.7. The normalized spacial score (nSPS) is 15.5. The highest BCUT2D eigenvalue weighted by molar-refractivity contribution is 8.00. The molecule has 10 N–H and O–H groups in total. The van der Waals surface area contributed by atoms with Crippen molar-refractivity contribution in [1.29, 1.82) is 0 Å². The molecule has 0 saturated carbocycles. The molecule has 24 heteroatoms. The highest BCUT2D eigenvalue weighted by Gasteiger charge is 2.27. The van der Waals surface area contributed by atoms with Crippen molar-refractivity contribution in [2.75, 3.05) is 35.2 Å². The smallest absolute Gasteiger partial charge is 0.370 e. The number of anilines is 4. The lowest BCUT2D eigenvalue weighted by atomic mass is 10.1. The van der Waals surface area contributed by atoms with Gasteiger partial charge in [0.05, 0.1) is 11.3 Å². The van der Waals surface area contributed by atoms with Gasteiger partial charge in [-0.05, 0) is 56.4 Å². The van der Waals surface area contributed by atoms with E-state index in [0.717, 1.165) is 22.6 Å². The number of nitrogens with zero attached hydrogens (tertiary/aromatic N) is 2. The molecule has 2 aliphatic rings. The molecule has 0 spiro atoms. The van der Waals surface area contributed by atoms with Crippen molar-refractivity contribution in [2.24, 2.45) is 0 Å². The van der Waals surface area contributed by atoms with Gasteiger partial charge >= 0.3 is 17.9 Å². The highest BCUT2D eigenvalue weighted by Crippen LogP contribution is 2.35. The number of amides is 1. The van der Waals surface area contributed by atoms with E-state index in [2.05, 4.69) is 45.8 Å². The highest BCUT2D eigenvalue weighted by atomic mass is 32.2. The van der Waals surface area contributed by atoms with Gasteiger partial charge < -0.3 is 32.5 Å². The van der Waals surface area contributed by atoms with Crippen LogP contribution in [0.1, 0.15) is 69.6 Å². The molecule has 4 aromatic heterocycles. The molecule has 0 saturated heterocycles. The number of hydrogen-bond donors (Lipinski definition) is 8. The third-order valence-electron chi connectivity index (χ3n) is 7.93. The summed E-state index contributed by atoms with van der Waals surface area (Å²) in [4.78, 5) is 92.4. The molecule has 57 heavy (non-hydrogen) atoms. The van der Waals surface area contributed by atoms with Crippen LogP contribution in [0.4, 0.5) is 32.6 Å². The summed E-state index contributed by atoms with van der Waals surface area (Å²) in [5.74, 6) is -3.12. The molecule has 2 aliphatic heterocycles. The van der Waals surface area contributed by atoms with E-state index in [1.54, 1.807) is 18.2 Å². The molecule has 4 aromatic rings. The predicted octanol–water partition coefficient (Wildman–Crippen LogP) is 4.57. The van der Waals surface area contributed by atoms with Crippen LogP contribution in [-0.2, 0) is 32.3 Å². The number of carboxylic acids is 1. The van der Waals surface area contributed by atoms with Crippen molar-refractivity contribution in [2.45, 2.75) is 79.7 Å². The number of aromatic carboxylic acids is 1. The average molecular weight is 874 g/mol. The average Bonchev–Trinajstić information content (AvgIpc) is 3.85. The molecule has 0 bridgehead atoms. The maximum atomic E-state index is 12.4. The van der Waals surface area contributed by atoms with Crippen LogP contribution in [0, 0.1) is 0 Å². The number of thiophene rings is 2. The number of thioether (sulfide) groups is 2. The van der Waals surface area contributed by atoms with Gasteiger partial charge in [0.15, 0.2) is 0 Å². The lowest BCUT2D eigenvalue weighted by Crippen LogP contribution is -2.41. The van der Waals surface area contributed by atoms with Gasteiger partial charge in [-0.15, -0.1) is 46.2 Å². The van der Waals surface area contributed by atoms with E-state index in [1.165, 1.54) is 46.2 Å². The minimum atomic E-state index is -1.49. The Hall–Kier alpha value is -5.20. The lowest BCUT2D eigenvalue weighted by molar-refractivity contribution is -0.188. The summed E-state index contributed by atoms with van der Waals surface area (Å²) in [6.07, 6.45) is 1.99. The quantitative estimate of drug-likeness (QED) is 0.0913. The number of nitrogen functional groups attached to an aromatic ring is 2. The Balaban J connectivity index is 0.000000316. The van der Waals surface area contributed by atoms with Gasteiger partial charge in [0.2, 0.25) is 11.9 Å². The minimum Gasteiger partial charge on any atom is -0.477 e. The molecule has 0 aromatic carbocycles. The van der Waals surface area contributed by atoms with E-state index in [1.807, 2.05) is 6.07 Å². The zero-order chi connectivity index (χ0) is 39.6.